The first-order chi connectivity index (χ1) is 5.26. The molecular formula is C7H7BrFNO. The van der Waals surface area contributed by atoms with Crippen LogP contribution < -0.4 is 4.74 Å². The molecule has 0 aromatic carbocycles. The predicted octanol–water partition coefficient (Wildman–Crippen LogP) is 2.12. The summed E-state index contributed by atoms with van der Waals surface area (Å²) >= 11 is 3.17. The molecule has 0 fully saturated rings. The summed E-state index contributed by atoms with van der Waals surface area (Å²) in [4.78, 5) is 3.61. The van der Waals surface area contributed by atoms with Crippen LogP contribution in [-0.4, -0.2) is 12.1 Å². The summed E-state index contributed by atoms with van der Waals surface area (Å²) in [5.74, 6) is -0.0225. The molecule has 0 aliphatic rings. The Bertz CT molecular complexity index is 232. The molecule has 0 saturated carbocycles. The molecule has 0 aliphatic carbocycles. The Hall–Kier alpha value is -0.640. The lowest BCUT2D eigenvalue weighted by Gasteiger charge is -2.00. The molecule has 0 atom stereocenters. The molecule has 0 unspecified atom stereocenters. The maximum absolute atomic E-state index is 12.6. The van der Waals surface area contributed by atoms with Gasteiger partial charge in [0, 0.05) is 17.5 Å². The van der Waals surface area contributed by atoms with Gasteiger partial charge in [-0.25, -0.2) is 4.98 Å². The second-order valence-electron chi connectivity index (χ2n) is 1.95. The maximum Gasteiger partial charge on any atom is 0.216 e. The van der Waals surface area contributed by atoms with E-state index in [1.807, 2.05) is 0 Å². The van der Waals surface area contributed by atoms with E-state index in [9.17, 15) is 4.39 Å². The van der Waals surface area contributed by atoms with Gasteiger partial charge in [-0.3, -0.25) is 0 Å². The van der Waals surface area contributed by atoms with E-state index >= 15 is 0 Å². The zero-order valence-corrected chi connectivity index (χ0v) is 7.56. The third-order valence-electron chi connectivity index (χ3n) is 1.19. The third-order valence-corrected chi connectivity index (χ3v) is 1.77. The molecule has 60 valence electrons. The fraction of sp³-hybridized carbons (Fsp3) is 0.286. The topological polar surface area (TPSA) is 22.1 Å². The van der Waals surface area contributed by atoms with E-state index in [4.69, 9.17) is 4.74 Å². The first-order valence-corrected chi connectivity index (χ1v) is 4.15. The van der Waals surface area contributed by atoms with Crippen molar-refractivity contribution in [2.45, 2.75) is 5.33 Å². The number of aromatic nitrogens is 1. The summed E-state index contributed by atoms with van der Waals surface area (Å²) < 4.78 is 17.4. The molecule has 0 N–H and O–H groups in total. The van der Waals surface area contributed by atoms with Crippen LogP contribution in [0, 0.1) is 5.95 Å². The number of hydrogen-bond acceptors (Lipinski definition) is 2. The van der Waals surface area contributed by atoms with Gasteiger partial charge < -0.3 is 4.74 Å². The Kier molecular flexibility index (Phi) is 2.82. The van der Waals surface area contributed by atoms with Crippen molar-refractivity contribution >= 4 is 15.9 Å². The fourth-order valence-corrected chi connectivity index (χ4v) is 0.999. The van der Waals surface area contributed by atoms with Crippen molar-refractivity contribution in [3.05, 3.63) is 23.8 Å². The first kappa shape index (κ1) is 8.46. The van der Waals surface area contributed by atoms with Crippen LogP contribution >= 0.6 is 15.9 Å². The Labute approximate surface area is 72.5 Å². The van der Waals surface area contributed by atoms with Crippen LogP contribution in [0.5, 0.6) is 5.75 Å². The lowest BCUT2D eigenvalue weighted by Crippen LogP contribution is -1.92. The van der Waals surface area contributed by atoms with Crippen molar-refractivity contribution in [3.63, 3.8) is 0 Å². The molecule has 11 heavy (non-hydrogen) atoms. The van der Waals surface area contributed by atoms with E-state index in [1.165, 1.54) is 13.2 Å². The molecule has 0 radical (unpaired) electrons. The van der Waals surface area contributed by atoms with Crippen molar-refractivity contribution in [2.24, 2.45) is 0 Å². The predicted molar refractivity (Wildman–Crippen MR) is 43.4 cm³/mol. The highest BCUT2D eigenvalue weighted by molar-refractivity contribution is 9.08. The number of nitrogens with zero attached hydrogens (tertiary/aromatic N) is 1. The summed E-state index contributed by atoms with van der Waals surface area (Å²) in [6, 6.07) is 2.92. The van der Waals surface area contributed by atoms with Crippen LogP contribution in [0.1, 0.15) is 5.69 Å². The van der Waals surface area contributed by atoms with Crippen LogP contribution in [0.3, 0.4) is 0 Å². The zero-order chi connectivity index (χ0) is 8.27. The van der Waals surface area contributed by atoms with E-state index in [-0.39, 0.29) is 0 Å². The number of ether oxygens (including phenoxy) is 1. The van der Waals surface area contributed by atoms with Crippen LogP contribution in [0.4, 0.5) is 4.39 Å². The van der Waals surface area contributed by atoms with Gasteiger partial charge in [-0.1, -0.05) is 15.9 Å². The average Bonchev–Trinajstić information content (AvgIpc) is 2.03. The Morgan fingerprint density at radius 2 is 2.36 bits per heavy atom. The Morgan fingerprint density at radius 3 is 2.91 bits per heavy atom. The second kappa shape index (κ2) is 3.67. The summed E-state index contributed by atoms with van der Waals surface area (Å²) in [5.41, 5.74) is 0.627. The van der Waals surface area contributed by atoms with E-state index in [1.54, 1.807) is 6.07 Å². The molecule has 4 heteroatoms. The molecule has 0 spiro atoms. The van der Waals surface area contributed by atoms with Crippen molar-refractivity contribution in [1.82, 2.24) is 4.98 Å². The molecule has 1 aromatic rings. The first-order valence-electron chi connectivity index (χ1n) is 3.02. The molecule has 1 heterocycles. The van der Waals surface area contributed by atoms with Gasteiger partial charge in [0.05, 0.1) is 12.8 Å². The molecule has 0 aliphatic heterocycles. The highest BCUT2D eigenvalue weighted by atomic mass is 79.9. The van der Waals surface area contributed by atoms with Crippen LogP contribution in [0.15, 0.2) is 12.1 Å². The van der Waals surface area contributed by atoms with Crippen LogP contribution in [0.2, 0.25) is 0 Å². The molecule has 0 amide bonds. The number of methoxy groups -OCH3 is 1. The average molecular weight is 220 g/mol. The number of halogens is 2. The molecule has 0 saturated heterocycles. The second-order valence-corrected chi connectivity index (χ2v) is 2.52. The minimum atomic E-state index is -0.515. The lowest BCUT2D eigenvalue weighted by molar-refractivity contribution is 0.408. The van der Waals surface area contributed by atoms with Gasteiger partial charge in [0.2, 0.25) is 5.95 Å². The minimum absolute atomic E-state index is 0.493. The van der Waals surface area contributed by atoms with E-state index < -0.39 is 5.95 Å². The zero-order valence-electron chi connectivity index (χ0n) is 5.97. The number of rotatable bonds is 2. The van der Waals surface area contributed by atoms with E-state index in [2.05, 4.69) is 20.9 Å². The minimum Gasteiger partial charge on any atom is -0.497 e. The van der Waals surface area contributed by atoms with E-state index in [0.717, 1.165) is 0 Å². The van der Waals surface area contributed by atoms with Crippen molar-refractivity contribution in [1.29, 1.82) is 0 Å². The van der Waals surface area contributed by atoms with Gasteiger partial charge in [0.25, 0.3) is 0 Å². The quantitative estimate of drug-likeness (QED) is 0.562. The summed E-state index contributed by atoms with van der Waals surface area (Å²) in [5, 5.41) is 0.529. The Balaban J connectivity index is 3.02. The summed E-state index contributed by atoms with van der Waals surface area (Å²) in [6.45, 7) is 0. The molecule has 2 nitrogen and oxygen atoms in total. The number of pyridine rings is 1. The van der Waals surface area contributed by atoms with Crippen LogP contribution in [0.25, 0.3) is 0 Å². The standard InChI is InChI=1S/C7H7BrFNO/c1-11-6-2-5(4-8)10-7(9)3-6/h2-3H,4H2,1H3. The van der Waals surface area contributed by atoms with Gasteiger partial charge in [-0.05, 0) is 0 Å². The smallest absolute Gasteiger partial charge is 0.216 e. The van der Waals surface area contributed by atoms with E-state index in [0.29, 0.717) is 16.8 Å². The summed E-state index contributed by atoms with van der Waals surface area (Å²) in [6.07, 6.45) is 0. The van der Waals surface area contributed by atoms with Crippen molar-refractivity contribution < 1.29 is 9.13 Å². The third kappa shape index (κ3) is 2.15. The summed E-state index contributed by atoms with van der Waals surface area (Å²) in [7, 11) is 1.49. The van der Waals surface area contributed by atoms with Crippen molar-refractivity contribution in [2.75, 3.05) is 7.11 Å². The highest BCUT2D eigenvalue weighted by Crippen LogP contribution is 2.14. The highest BCUT2D eigenvalue weighted by Gasteiger charge is 2.00. The molecule has 0 bridgehead atoms. The van der Waals surface area contributed by atoms with Gasteiger partial charge >= 0.3 is 0 Å². The monoisotopic (exact) mass is 219 g/mol. The number of alkyl halides is 1. The Morgan fingerprint density at radius 1 is 1.64 bits per heavy atom. The van der Waals surface area contributed by atoms with Gasteiger partial charge in [0.1, 0.15) is 5.75 Å². The molecule has 1 aromatic heterocycles. The van der Waals surface area contributed by atoms with Gasteiger partial charge in [-0.2, -0.15) is 4.39 Å². The number of hydrogen-bond donors (Lipinski definition) is 0. The van der Waals surface area contributed by atoms with Gasteiger partial charge in [0.15, 0.2) is 0 Å². The van der Waals surface area contributed by atoms with Crippen LogP contribution in [-0.2, 0) is 5.33 Å². The fourth-order valence-electron chi connectivity index (χ4n) is 0.711. The normalized spacial score (nSPS) is 9.73. The largest absolute Gasteiger partial charge is 0.497 e. The lowest BCUT2D eigenvalue weighted by atomic mass is 10.3. The molecule has 1 rings (SSSR count). The van der Waals surface area contributed by atoms with Crippen molar-refractivity contribution in [3.8, 4) is 5.75 Å². The maximum atomic E-state index is 12.6. The van der Waals surface area contributed by atoms with Gasteiger partial charge in [-0.15, -0.1) is 0 Å². The molecular weight excluding hydrogens is 213 g/mol. The SMILES string of the molecule is COc1cc(F)nc(CBr)c1.